The fourth-order valence-electron chi connectivity index (χ4n) is 2.04. The minimum absolute atomic E-state index is 0.494. The summed E-state index contributed by atoms with van der Waals surface area (Å²) in [6.45, 7) is 0. The normalized spacial score (nSPS) is 10.1. The molecule has 1 aromatic heterocycles. The molecule has 0 spiro atoms. The number of ether oxygens (including phenoxy) is 1. The molecule has 3 rings (SSSR count). The molecule has 0 bridgehead atoms. The van der Waals surface area contributed by atoms with E-state index in [1.54, 1.807) is 12.3 Å². The molecule has 0 aliphatic rings. The standard InChI is InChI=1S/C18H13NO2/c20-13-14-10-18(12-19-11-14)21-17-8-6-16(7-9-17)15-4-2-1-3-5-15/h1-13H. The maximum atomic E-state index is 10.7. The Hall–Kier alpha value is -2.94. The molecule has 3 heteroatoms. The van der Waals surface area contributed by atoms with Crippen LogP contribution in [0.4, 0.5) is 0 Å². The second-order valence-corrected chi connectivity index (χ2v) is 4.56. The van der Waals surface area contributed by atoms with Crippen molar-refractivity contribution in [2.45, 2.75) is 0 Å². The predicted molar refractivity (Wildman–Crippen MR) is 81.6 cm³/mol. The summed E-state index contributed by atoms with van der Waals surface area (Å²) < 4.78 is 5.69. The van der Waals surface area contributed by atoms with Crippen LogP contribution in [0.15, 0.2) is 73.1 Å². The molecule has 2 aromatic carbocycles. The van der Waals surface area contributed by atoms with Crippen LogP contribution in [-0.4, -0.2) is 11.3 Å². The highest BCUT2D eigenvalue weighted by atomic mass is 16.5. The Morgan fingerprint density at radius 1 is 0.810 bits per heavy atom. The summed E-state index contributed by atoms with van der Waals surface area (Å²) in [4.78, 5) is 14.7. The summed E-state index contributed by atoms with van der Waals surface area (Å²) in [5, 5.41) is 0. The van der Waals surface area contributed by atoms with Gasteiger partial charge in [0.25, 0.3) is 0 Å². The van der Waals surface area contributed by atoms with Crippen LogP contribution in [0.5, 0.6) is 11.5 Å². The number of nitrogens with zero attached hydrogens (tertiary/aromatic N) is 1. The number of aromatic nitrogens is 1. The second-order valence-electron chi connectivity index (χ2n) is 4.56. The lowest BCUT2D eigenvalue weighted by Crippen LogP contribution is -1.88. The predicted octanol–water partition coefficient (Wildman–Crippen LogP) is 4.35. The lowest BCUT2D eigenvalue weighted by atomic mass is 10.1. The van der Waals surface area contributed by atoms with Gasteiger partial charge < -0.3 is 4.74 Å². The van der Waals surface area contributed by atoms with Gasteiger partial charge in [0.15, 0.2) is 6.29 Å². The first-order chi connectivity index (χ1) is 10.3. The summed E-state index contributed by atoms with van der Waals surface area (Å²) >= 11 is 0. The molecular formula is C18H13NO2. The number of pyridine rings is 1. The van der Waals surface area contributed by atoms with Crippen LogP contribution in [0.3, 0.4) is 0 Å². The number of carbonyl (C=O) groups excluding carboxylic acids is 1. The molecule has 0 atom stereocenters. The lowest BCUT2D eigenvalue weighted by Gasteiger charge is -2.07. The molecule has 0 N–H and O–H groups in total. The van der Waals surface area contributed by atoms with Gasteiger partial charge in [-0.1, -0.05) is 42.5 Å². The topological polar surface area (TPSA) is 39.2 Å². The zero-order chi connectivity index (χ0) is 14.5. The molecule has 21 heavy (non-hydrogen) atoms. The van der Waals surface area contributed by atoms with Gasteiger partial charge in [0.05, 0.1) is 6.20 Å². The van der Waals surface area contributed by atoms with Crippen molar-refractivity contribution in [1.82, 2.24) is 4.98 Å². The summed E-state index contributed by atoms with van der Waals surface area (Å²) in [5.41, 5.74) is 2.78. The van der Waals surface area contributed by atoms with E-state index in [2.05, 4.69) is 17.1 Å². The van der Waals surface area contributed by atoms with E-state index < -0.39 is 0 Å². The fraction of sp³-hybridized carbons (Fsp3) is 0. The Kier molecular flexibility index (Phi) is 3.74. The molecule has 0 radical (unpaired) electrons. The maximum Gasteiger partial charge on any atom is 0.151 e. The summed E-state index contributed by atoms with van der Waals surface area (Å²) in [6.07, 6.45) is 3.83. The molecule has 0 saturated heterocycles. The molecule has 102 valence electrons. The average molecular weight is 275 g/mol. The van der Waals surface area contributed by atoms with Crippen LogP contribution in [0.25, 0.3) is 11.1 Å². The Morgan fingerprint density at radius 3 is 2.24 bits per heavy atom. The number of hydrogen-bond donors (Lipinski definition) is 0. The van der Waals surface area contributed by atoms with Crippen molar-refractivity contribution >= 4 is 6.29 Å². The SMILES string of the molecule is O=Cc1cncc(Oc2ccc(-c3ccccc3)cc2)c1. The molecule has 1 heterocycles. The Bertz CT molecular complexity index is 737. The van der Waals surface area contributed by atoms with Crippen LogP contribution in [0.1, 0.15) is 10.4 Å². The maximum absolute atomic E-state index is 10.7. The van der Waals surface area contributed by atoms with Gasteiger partial charge >= 0.3 is 0 Å². The molecule has 3 aromatic rings. The van der Waals surface area contributed by atoms with E-state index in [1.165, 1.54) is 6.20 Å². The minimum Gasteiger partial charge on any atom is -0.456 e. The molecule has 0 aliphatic heterocycles. The van der Waals surface area contributed by atoms with Gasteiger partial charge in [0, 0.05) is 11.8 Å². The molecule has 0 aliphatic carbocycles. The zero-order valence-electron chi connectivity index (χ0n) is 11.3. The van der Waals surface area contributed by atoms with Crippen LogP contribution in [0, 0.1) is 0 Å². The molecule has 0 amide bonds. The quantitative estimate of drug-likeness (QED) is 0.664. The summed E-state index contributed by atoms with van der Waals surface area (Å²) in [5.74, 6) is 1.26. The fourth-order valence-corrected chi connectivity index (χ4v) is 2.04. The van der Waals surface area contributed by atoms with Gasteiger partial charge in [0.1, 0.15) is 11.5 Å². The van der Waals surface area contributed by atoms with Crippen molar-refractivity contribution in [1.29, 1.82) is 0 Å². The molecule has 0 saturated carbocycles. The van der Waals surface area contributed by atoms with E-state index >= 15 is 0 Å². The summed E-state index contributed by atoms with van der Waals surface area (Å²) in [6, 6.07) is 19.6. The van der Waals surface area contributed by atoms with Crippen LogP contribution < -0.4 is 4.74 Å². The Balaban J connectivity index is 1.79. The van der Waals surface area contributed by atoms with E-state index in [9.17, 15) is 4.79 Å². The highest BCUT2D eigenvalue weighted by molar-refractivity contribution is 5.74. The smallest absolute Gasteiger partial charge is 0.151 e. The van der Waals surface area contributed by atoms with Crippen molar-refractivity contribution in [2.75, 3.05) is 0 Å². The van der Waals surface area contributed by atoms with Crippen LogP contribution >= 0.6 is 0 Å². The van der Waals surface area contributed by atoms with Gasteiger partial charge in [-0.25, -0.2) is 0 Å². The monoisotopic (exact) mass is 275 g/mol. The zero-order valence-corrected chi connectivity index (χ0v) is 11.3. The van der Waals surface area contributed by atoms with Crippen molar-refractivity contribution in [3.8, 4) is 22.6 Å². The first-order valence-corrected chi connectivity index (χ1v) is 6.59. The van der Waals surface area contributed by atoms with E-state index in [4.69, 9.17) is 4.74 Å². The van der Waals surface area contributed by atoms with E-state index in [0.29, 0.717) is 17.1 Å². The van der Waals surface area contributed by atoms with Gasteiger partial charge in [0.2, 0.25) is 0 Å². The molecular weight excluding hydrogens is 262 g/mol. The first kappa shape index (κ1) is 13.1. The third-order valence-electron chi connectivity index (χ3n) is 3.07. The molecule has 3 nitrogen and oxygen atoms in total. The summed E-state index contributed by atoms with van der Waals surface area (Å²) in [7, 11) is 0. The van der Waals surface area contributed by atoms with Crippen LogP contribution in [-0.2, 0) is 0 Å². The molecule has 0 unspecified atom stereocenters. The largest absolute Gasteiger partial charge is 0.456 e. The highest BCUT2D eigenvalue weighted by Crippen LogP contribution is 2.25. The number of rotatable bonds is 4. The van der Waals surface area contributed by atoms with Crippen molar-refractivity contribution in [3.05, 3.63) is 78.6 Å². The minimum atomic E-state index is 0.494. The van der Waals surface area contributed by atoms with Gasteiger partial charge in [-0.2, -0.15) is 0 Å². The van der Waals surface area contributed by atoms with Gasteiger partial charge in [-0.05, 0) is 29.3 Å². The Labute approximate surface area is 122 Å². The number of carbonyl (C=O) groups is 1. The lowest BCUT2D eigenvalue weighted by molar-refractivity contribution is 0.112. The Morgan fingerprint density at radius 2 is 1.52 bits per heavy atom. The van der Waals surface area contributed by atoms with Gasteiger partial charge in [-0.3, -0.25) is 9.78 Å². The average Bonchev–Trinajstić information content (AvgIpc) is 2.56. The van der Waals surface area contributed by atoms with Crippen LogP contribution in [0.2, 0.25) is 0 Å². The third-order valence-corrected chi connectivity index (χ3v) is 3.07. The van der Waals surface area contributed by atoms with E-state index in [0.717, 1.165) is 17.4 Å². The second kappa shape index (κ2) is 6.01. The highest BCUT2D eigenvalue weighted by Gasteiger charge is 2.01. The number of aldehydes is 1. The van der Waals surface area contributed by atoms with Crippen molar-refractivity contribution < 1.29 is 9.53 Å². The van der Waals surface area contributed by atoms with Crippen molar-refractivity contribution in [2.24, 2.45) is 0 Å². The van der Waals surface area contributed by atoms with E-state index in [1.807, 2.05) is 42.5 Å². The van der Waals surface area contributed by atoms with Crippen molar-refractivity contribution in [3.63, 3.8) is 0 Å². The molecule has 0 fully saturated rings. The third kappa shape index (κ3) is 3.15. The van der Waals surface area contributed by atoms with Gasteiger partial charge in [-0.15, -0.1) is 0 Å². The number of hydrogen-bond acceptors (Lipinski definition) is 3. The number of benzene rings is 2. The first-order valence-electron chi connectivity index (χ1n) is 6.59. The van der Waals surface area contributed by atoms with E-state index in [-0.39, 0.29) is 0 Å².